The number of rotatable bonds is 5. The van der Waals surface area contributed by atoms with Gasteiger partial charge in [-0.15, -0.1) is 24.8 Å². The molecule has 0 spiro atoms. The molecule has 0 amide bonds. The lowest BCUT2D eigenvalue weighted by molar-refractivity contribution is 0.119. The summed E-state index contributed by atoms with van der Waals surface area (Å²) in [6.07, 6.45) is 0. The third-order valence-electron chi connectivity index (χ3n) is 3.76. The number of benzene rings is 1. The topological polar surface area (TPSA) is 71.4 Å². The third kappa shape index (κ3) is 5.75. The molecule has 6 nitrogen and oxygen atoms in total. The van der Waals surface area contributed by atoms with E-state index < -0.39 is 0 Å². The largest absolute Gasteiger partial charge is 0.338 e. The summed E-state index contributed by atoms with van der Waals surface area (Å²) in [5, 5.41) is 3.95. The van der Waals surface area contributed by atoms with Gasteiger partial charge in [0.05, 0.1) is 13.1 Å². The van der Waals surface area contributed by atoms with Crippen molar-refractivity contribution >= 4 is 24.8 Å². The van der Waals surface area contributed by atoms with E-state index >= 15 is 0 Å². The summed E-state index contributed by atoms with van der Waals surface area (Å²) >= 11 is 0. The molecule has 1 aromatic carbocycles. The molecular formula is C15H23Cl2N5O. The highest BCUT2D eigenvalue weighted by molar-refractivity contribution is 5.85. The Morgan fingerprint density at radius 1 is 0.957 bits per heavy atom. The molecular weight excluding hydrogens is 337 g/mol. The van der Waals surface area contributed by atoms with E-state index in [1.54, 1.807) is 0 Å². The number of piperazine rings is 1. The fraction of sp³-hybridized carbons (Fsp3) is 0.467. The van der Waals surface area contributed by atoms with Crippen LogP contribution in [0.1, 0.15) is 17.3 Å². The first kappa shape index (κ1) is 19.9. The molecule has 0 atom stereocenters. The van der Waals surface area contributed by atoms with Gasteiger partial charge in [-0.3, -0.25) is 9.80 Å². The number of hydrogen-bond donors (Lipinski definition) is 1. The zero-order valence-corrected chi connectivity index (χ0v) is 14.6. The van der Waals surface area contributed by atoms with Gasteiger partial charge in [0.1, 0.15) is 0 Å². The van der Waals surface area contributed by atoms with E-state index in [1.165, 1.54) is 5.56 Å². The lowest BCUT2D eigenvalue weighted by atomic mass is 10.2. The van der Waals surface area contributed by atoms with Crippen LogP contribution in [0.25, 0.3) is 0 Å². The van der Waals surface area contributed by atoms with E-state index in [2.05, 4.69) is 50.3 Å². The fourth-order valence-electron chi connectivity index (χ4n) is 2.58. The van der Waals surface area contributed by atoms with Gasteiger partial charge in [0.25, 0.3) is 0 Å². The zero-order chi connectivity index (χ0) is 14.5. The molecule has 2 aromatic rings. The van der Waals surface area contributed by atoms with Crippen LogP contribution < -0.4 is 5.73 Å². The SMILES string of the molecule is Cl.Cl.NCc1nc(CN2CCN(Cc3ccccc3)CC2)no1. The highest BCUT2D eigenvalue weighted by atomic mass is 35.5. The van der Waals surface area contributed by atoms with Gasteiger partial charge in [-0.2, -0.15) is 4.98 Å². The third-order valence-corrected chi connectivity index (χ3v) is 3.76. The fourth-order valence-corrected chi connectivity index (χ4v) is 2.58. The summed E-state index contributed by atoms with van der Waals surface area (Å²) in [5.41, 5.74) is 6.84. The van der Waals surface area contributed by atoms with Gasteiger partial charge in [-0.1, -0.05) is 35.5 Å². The van der Waals surface area contributed by atoms with Crippen LogP contribution in [0, 0.1) is 0 Å². The Balaban J connectivity index is 0.00000132. The molecule has 1 saturated heterocycles. The number of hydrogen-bond acceptors (Lipinski definition) is 6. The van der Waals surface area contributed by atoms with Crippen molar-refractivity contribution in [1.82, 2.24) is 19.9 Å². The van der Waals surface area contributed by atoms with Crippen molar-refractivity contribution in [3.63, 3.8) is 0 Å². The molecule has 0 unspecified atom stereocenters. The van der Waals surface area contributed by atoms with Crippen molar-refractivity contribution in [2.24, 2.45) is 5.73 Å². The summed E-state index contributed by atoms with van der Waals surface area (Å²) < 4.78 is 5.03. The average molecular weight is 360 g/mol. The monoisotopic (exact) mass is 359 g/mol. The summed E-state index contributed by atoms with van der Waals surface area (Å²) in [6.45, 7) is 6.25. The Labute approximate surface area is 148 Å². The van der Waals surface area contributed by atoms with Crippen LogP contribution in [0.5, 0.6) is 0 Å². The molecule has 8 heteroatoms. The standard InChI is InChI=1S/C15H21N5O.2ClH/c16-10-15-17-14(18-21-15)12-20-8-6-19(7-9-20)11-13-4-2-1-3-5-13;;/h1-5H,6-12,16H2;2*1H. The maximum atomic E-state index is 5.47. The predicted molar refractivity (Wildman–Crippen MR) is 93.7 cm³/mol. The van der Waals surface area contributed by atoms with Crippen molar-refractivity contribution in [3.05, 3.63) is 47.6 Å². The predicted octanol–water partition coefficient (Wildman–Crippen LogP) is 1.69. The summed E-state index contributed by atoms with van der Waals surface area (Å²) in [6, 6.07) is 10.6. The van der Waals surface area contributed by atoms with Gasteiger partial charge in [-0.25, -0.2) is 0 Å². The maximum absolute atomic E-state index is 5.47. The number of aromatic nitrogens is 2. The van der Waals surface area contributed by atoms with Crippen molar-refractivity contribution in [1.29, 1.82) is 0 Å². The highest BCUT2D eigenvalue weighted by Gasteiger charge is 2.18. The van der Waals surface area contributed by atoms with Crippen LogP contribution in [0.2, 0.25) is 0 Å². The Hall–Kier alpha value is -1.18. The average Bonchev–Trinajstić information content (AvgIpc) is 2.98. The summed E-state index contributed by atoms with van der Waals surface area (Å²) in [4.78, 5) is 9.08. The number of halogens is 2. The molecule has 23 heavy (non-hydrogen) atoms. The van der Waals surface area contributed by atoms with Crippen molar-refractivity contribution in [3.8, 4) is 0 Å². The Bertz CT molecular complexity index is 558. The van der Waals surface area contributed by atoms with E-state index in [1.807, 2.05) is 0 Å². The van der Waals surface area contributed by atoms with Gasteiger partial charge in [0, 0.05) is 32.7 Å². The second-order valence-electron chi connectivity index (χ2n) is 5.35. The van der Waals surface area contributed by atoms with E-state index in [0.29, 0.717) is 12.4 Å². The van der Waals surface area contributed by atoms with Crippen molar-refractivity contribution in [2.75, 3.05) is 26.2 Å². The molecule has 1 fully saturated rings. The minimum atomic E-state index is 0. The van der Waals surface area contributed by atoms with Crippen LogP contribution in [0.3, 0.4) is 0 Å². The molecule has 1 aromatic heterocycles. The van der Waals surface area contributed by atoms with E-state index in [0.717, 1.165) is 45.1 Å². The molecule has 0 radical (unpaired) electrons. The quantitative estimate of drug-likeness (QED) is 0.875. The Morgan fingerprint density at radius 2 is 1.57 bits per heavy atom. The van der Waals surface area contributed by atoms with E-state index in [9.17, 15) is 0 Å². The molecule has 1 aliphatic heterocycles. The van der Waals surface area contributed by atoms with Gasteiger partial charge < -0.3 is 10.3 Å². The minimum Gasteiger partial charge on any atom is -0.338 e. The minimum absolute atomic E-state index is 0. The van der Waals surface area contributed by atoms with Crippen LogP contribution in [0.4, 0.5) is 0 Å². The van der Waals surface area contributed by atoms with Crippen molar-refractivity contribution in [2.45, 2.75) is 19.6 Å². The van der Waals surface area contributed by atoms with Crippen LogP contribution in [-0.2, 0) is 19.6 Å². The molecule has 3 rings (SSSR count). The van der Waals surface area contributed by atoms with Crippen LogP contribution >= 0.6 is 24.8 Å². The van der Waals surface area contributed by atoms with E-state index in [-0.39, 0.29) is 24.8 Å². The van der Waals surface area contributed by atoms with Gasteiger partial charge >= 0.3 is 0 Å². The first-order chi connectivity index (χ1) is 10.3. The van der Waals surface area contributed by atoms with Gasteiger partial charge in [0.2, 0.25) is 5.89 Å². The van der Waals surface area contributed by atoms with E-state index in [4.69, 9.17) is 10.3 Å². The highest BCUT2D eigenvalue weighted by Crippen LogP contribution is 2.10. The first-order valence-corrected chi connectivity index (χ1v) is 7.33. The number of nitrogens with zero attached hydrogens (tertiary/aromatic N) is 4. The number of nitrogens with two attached hydrogens (primary N) is 1. The Kier molecular flexibility index (Phi) is 8.51. The lowest BCUT2D eigenvalue weighted by Gasteiger charge is -2.34. The molecule has 0 saturated carbocycles. The molecule has 1 aliphatic rings. The normalized spacial score (nSPS) is 15.7. The molecule has 2 heterocycles. The van der Waals surface area contributed by atoms with Gasteiger partial charge in [-0.05, 0) is 5.56 Å². The molecule has 2 N–H and O–H groups in total. The van der Waals surface area contributed by atoms with Gasteiger partial charge in [0.15, 0.2) is 5.82 Å². The maximum Gasteiger partial charge on any atom is 0.240 e. The molecule has 0 aliphatic carbocycles. The second kappa shape index (κ2) is 9.85. The zero-order valence-electron chi connectivity index (χ0n) is 12.9. The second-order valence-corrected chi connectivity index (χ2v) is 5.35. The summed E-state index contributed by atoms with van der Waals surface area (Å²) in [5.74, 6) is 1.24. The van der Waals surface area contributed by atoms with Crippen molar-refractivity contribution < 1.29 is 4.52 Å². The first-order valence-electron chi connectivity index (χ1n) is 7.33. The van der Waals surface area contributed by atoms with Crippen LogP contribution in [-0.4, -0.2) is 46.1 Å². The molecule has 0 bridgehead atoms. The molecule has 128 valence electrons. The Morgan fingerprint density at radius 3 is 2.13 bits per heavy atom. The lowest BCUT2D eigenvalue weighted by Crippen LogP contribution is -2.45. The van der Waals surface area contributed by atoms with Crippen LogP contribution in [0.15, 0.2) is 34.9 Å². The summed E-state index contributed by atoms with van der Waals surface area (Å²) in [7, 11) is 0. The smallest absolute Gasteiger partial charge is 0.240 e.